The number of likely N-dealkylation sites (N-methyl/N-ethyl adjacent to an activating group) is 1. The first-order valence-electron chi connectivity index (χ1n) is 5.25. The van der Waals surface area contributed by atoms with E-state index in [1.165, 1.54) is 10.6 Å². The average Bonchev–Trinajstić information content (AvgIpc) is 2.29. The second-order valence-electron chi connectivity index (χ2n) is 3.64. The van der Waals surface area contributed by atoms with Gasteiger partial charge in [0.1, 0.15) is 5.75 Å². The maximum absolute atomic E-state index is 11.7. The summed E-state index contributed by atoms with van der Waals surface area (Å²) >= 11 is 0. The van der Waals surface area contributed by atoms with Gasteiger partial charge >= 0.3 is 0 Å². The zero-order valence-electron chi connectivity index (χ0n) is 10.3. The minimum absolute atomic E-state index is 0.404. The fraction of sp³-hybridized carbons (Fsp3) is 0.455. The molecule has 0 radical (unpaired) electrons. The molecule has 5 nitrogen and oxygen atoms in total. The summed E-state index contributed by atoms with van der Waals surface area (Å²) in [5.41, 5.74) is 0.642. The lowest BCUT2D eigenvalue weighted by molar-refractivity contribution is 0.415. The molecule has 0 aliphatic heterocycles. The molecule has 1 N–H and O–H groups in total. The van der Waals surface area contributed by atoms with Crippen LogP contribution in [0.1, 0.15) is 0 Å². The van der Waals surface area contributed by atoms with Gasteiger partial charge < -0.3 is 10.1 Å². The maximum Gasteiger partial charge on any atom is 0.232 e. The van der Waals surface area contributed by atoms with Crippen molar-refractivity contribution >= 4 is 15.7 Å². The van der Waals surface area contributed by atoms with Crippen LogP contribution in [0.2, 0.25) is 0 Å². The molecule has 0 saturated carbocycles. The Balaban J connectivity index is 2.96. The molecule has 1 aromatic rings. The molecular weight excluding hydrogens is 240 g/mol. The van der Waals surface area contributed by atoms with Gasteiger partial charge in [0.25, 0.3) is 0 Å². The first-order chi connectivity index (χ1) is 7.99. The minimum atomic E-state index is -3.26. The van der Waals surface area contributed by atoms with Gasteiger partial charge in [-0.15, -0.1) is 0 Å². The van der Waals surface area contributed by atoms with Gasteiger partial charge in [-0.2, -0.15) is 0 Å². The first kappa shape index (κ1) is 13.8. The lowest BCUT2D eigenvalue weighted by atomic mass is 10.3. The van der Waals surface area contributed by atoms with Crippen LogP contribution in [0, 0.1) is 0 Å². The van der Waals surface area contributed by atoms with E-state index < -0.39 is 10.0 Å². The highest BCUT2D eigenvalue weighted by Crippen LogP contribution is 2.20. The molecule has 0 bridgehead atoms. The number of hydrogen-bond acceptors (Lipinski definition) is 4. The molecule has 96 valence electrons. The summed E-state index contributed by atoms with van der Waals surface area (Å²) < 4.78 is 29.7. The second kappa shape index (κ2) is 5.88. The Bertz CT molecular complexity index is 442. The van der Waals surface area contributed by atoms with Gasteiger partial charge in [-0.05, 0) is 31.3 Å². The van der Waals surface area contributed by atoms with E-state index in [9.17, 15) is 8.42 Å². The Morgan fingerprint density at radius 3 is 2.29 bits per heavy atom. The number of benzene rings is 1. The van der Waals surface area contributed by atoms with E-state index in [1.807, 2.05) is 0 Å². The third-order valence-corrected chi connectivity index (χ3v) is 3.52. The van der Waals surface area contributed by atoms with Gasteiger partial charge in [0, 0.05) is 13.1 Å². The molecule has 6 heteroatoms. The number of rotatable bonds is 6. The Labute approximate surface area is 102 Å². The zero-order valence-corrected chi connectivity index (χ0v) is 11.1. The van der Waals surface area contributed by atoms with Crippen molar-refractivity contribution in [2.24, 2.45) is 0 Å². The van der Waals surface area contributed by atoms with Crippen molar-refractivity contribution in [1.82, 2.24) is 5.32 Å². The van der Waals surface area contributed by atoms with Crippen molar-refractivity contribution in [1.29, 1.82) is 0 Å². The van der Waals surface area contributed by atoms with Gasteiger partial charge in [-0.25, -0.2) is 8.42 Å². The molecule has 1 aromatic carbocycles. The van der Waals surface area contributed by atoms with Crippen molar-refractivity contribution in [2.75, 3.05) is 37.8 Å². The summed E-state index contributed by atoms with van der Waals surface area (Å²) in [6, 6.07) is 6.95. The van der Waals surface area contributed by atoms with E-state index >= 15 is 0 Å². The van der Waals surface area contributed by atoms with Crippen LogP contribution in [0.3, 0.4) is 0 Å². The number of sulfonamides is 1. The largest absolute Gasteiger partial charge is 0.497 e. The highest BCUT2D eigenvalue weighted by Gasteiger charge is 2.16. The summed E-state index contributed by atoms with van der Waals surface area (Å²) in [5, 5.41) is 2.93. The minimum Gasteiger partial charge on any atom is -0.497 e. The van der Waals surface area contributed by atoms with Crippen LogP contribution in [0.4, 0.5) is 5.69 Å². The summed E-state index contributed by atoms with van der Waals surface area (Å²) in [7, 11) is 0.103. The molecule has 17 heavy (non-hydrogen) atoms. The number of ether oxygens (including phenoxy) is 1. The van der Waals surface area contributed by atoms with Crippen molar-refractivity contribution < 1.29 is 13.2 Å². The third kappa shape index (κ3) is 3.90. The van der Waals surface area contributed by atoms with Crippen LogP contribution in [0.15, 0.2) is 24.3 Å². The van der Waals surface area contributed by atoms with Gasteiger partial charge in [-0.3, -0.25) is 4.31 Å². The fourth-order valence-corrected chi connectivity index (χ4v) is 2.38. The van der Waals surface area contributed by atoms with Crippen molar-refractivity contribution in [3.05, 3.63) is 24.3 Å². The lowest BCUT2D eigenvalue weighted by Gasteiger charge is -2.22. The van der Waals surface area contributed by atoms with Crippen LogP contribution in [0.5, 0.6) is 5.75 Å². The van der Waals surface area contributed by atoms with Crippen LogP contribution >= 0.6 is 0 Å². The number of nitrogens with one attached hydrogen (secondary N) is 1. The first-order valence-corrected chi connectivity index (χ1v) is 7.10. The average molecular weight is 258 g/mol. The Morgan fingerprint density at radius 2 is 1.88 bits per heavy atom. The van der Waals surface area contributed by atoms with Gasteiger partial charge in [-0.1, -0.05) is 0 Å². The molecular formula is C11H18N2O3S. The number of nitrogens with zero attached hydrogens (tertiary/aromatic N) is 1. The van der Waals surface area contributed by atoms with Gasteiger partial charge in [0.2, 0.25) is 10.0 Å². The van der Waals surface area contributed by atoms with E-state index in [1.54, 1.807) is 38.4 Å². The Hall–Kier alpha value is -1.27. The SMILES string of the molecule is CNCCN(c1ccc(OC)cc1)S(C)(=O)=O. The van der Waals surface area contributed by atoms with Crippen LogP contribution < -0.4 is 14.4 Å². The third-order valence-electron chi connectivity index (χ3n) is 2.33. The van der Waals surface area contributed by atoms with E-state index in [0.717, 1.165) is 0 Å². The highest BCUT2D eigenvalue weighted by atomic mass is 32.2. The van der Waals surface area contributed by atoms with Crippen molar-refractivity contribution in [3.8, 4) is 5.75 Å². The maximum atomic E-state index is 11.7. The van der Waals surface area contributed by atoms with E-state index in [2.05, 4.69) is 5.32 Å². The summed E-state index contributed by atoms with van der Waals surface area (Å²) in [4.78, 5) is 0. The van der Waals surface area contributed by atoms with E-state index in [-0.39, 0.29) is 0 Å². The fourth-order valence-electron chi connectivity index (χ4n) is 1.45. The van der Waals surface area contributed by atoms with E-state index in [0.29, 0.717) is 24.5 Å². The highest BCUT2D eigenvalue weighted by molar-refractivity contribution is 7.92. The molecule has 0 aromatic heterocycles. The van der Waals surface area contributed by atoms with E-state index in [4.69, 9.17) is 4.74 Å². The molecule has 0 amide bonds. The Morgan fingerprint density at radius 1 is 1.29 bits per heavy atom. The zero-order chi connectivity index (χ0) is 12.9. The predicted molar refractivity (Wildman–Crippen MR) is 69.1 cm³/mol. The van der Waals surface area contributed by atoms with Gasteiger partial charge in [0.15, 0.2) is 0 Å². The van der Waals surface area contributed by atoms with Crippen LogP contribution in [0.25, 0.3) is 0 Å². The molecule has 0 aliphatic rings. The van der Waals surface area contributed by atoms with Crippen LogP contribution in [-0.2, 0) is 10.0 Å². The second-order valence-corrected chi connectivity index (χ2v) is 5.54. The molecule has 0 atom stereocenters. The quantitative estimate of drug-likeness (QED) is 0.815. The number of methoxy groups -OCH3 is 1. The summed E-state index contributed by atoms with van der Waals surface area (Å²) in [5.74, 6) is 0.704. The summed E-state index contributed by atoms with van der Waals surface area (Å²) in [6.07, 6.45) is 1.20. The molecule has 0 fully saturated rings. The molecule has 0 saturated heterocycles. The normalized spacial score (nSPS) is 11.2. The molecule has 0 unspecified atom stereocenters. The lowest BCUT2D eigenvalue weighted by Crippen LogP contribution is -2.35. The van der Waals surface area contributed by atoms with Gasteiger partial charge in [0.05, 0.1) is 19.1 Å². The smallest absolute Gasteiger partial charge is 0.232 e. The molecule has 1 rings (SSSR count). The number of anilines is 1. The topological polar surface area (TPSA) is 58.6 Å². The van der Waals surface area contributed by atoms with Crippen LogP contribution in [-0.4, -0.2) is 41.9 Å². The number of hydrogen-bond donors (Lipinski definition) is 1. The molecule has 0 heterocycles. The standard InChI is InChI=1S/C11H18N2O3S/c1-12-8-9-13(17(3,14)15)10-4-6-11(16-2)7-5-10/h4-7,12H,8-9H2,1-3H3. The summed E-state index contributed by atoms with van der Waals surface area (Å²) in [6.45, 7) is 1.00. The molecule has 0 spiro atoms. The Kier molecular flexibility index (Phi) is 4.77. The molecule has 0 aliphatic carbocycles. The van der Waals surface area contributed by atoms with Crippen molar-refractivity contribution in [2.45, 2.75) is 0 Å². The van der Waals surface area contributed by atoms with Crippen molar-refractivity contribution in [3.63, 3.8) is 0 Å². The predicted octanol–water partition coefficient (Wildman–Crippen LogP) is 0.681. The monoisotopic (exact) mass is 258 g/mol.